The van der Waals surface area contributed by atoms with Crippen molar-refractivity contribution in [3.05, 3.63) is 18.0 Å². The first-order chi connectivity index (χ1) is 8.66. The number of amides is 1. The van der Waals surface area contributed by atoms with Gasteiger partial charge >= 0.3 is 0 Å². The molecule has 1 amide bonds. The standard InChI is InChI=1S/C12H20N4O2/c1-10(16-3-5-18-6-4-16)7-13-12(17)11-8-14-15(2)9-11/h8-10H,3-7H2,1-2H3,(H,13,17). The van der Waals surface area contributed by atoms with Crippen LogP contribution in [0.5, 0.6) is 0 Å². The second-order valence-corrected chi connectivity index (χ2v) is 4.61. The van der Waals surface area contributed by atoms with Gasteiger partial charge in [0.1, 0.15) is 0 Å². The van der Waals surface area contributed by atoms with Gasteiger partial charge in [0.05, 0.1) is 25.0 Å². The van der Waals surface area contributed by atoms with E-state index in [-0.39, 0.29) is 5.91 Å². The molecule has 0 spiro atoms. The van der Waals surface area contributed by atoms with Gasteiger partial charge in [0.2, 0.25) is 0 Å². The van der Waals surface area contributed by atoms with Gasteiger partial charge in [-0.25, -0.2) is 0 Å². The van der Waals surface area contributed by atoms with Crippen molar-refractivity contribution in [1.82, 2.24) is 20.0 Å². The van der Waals surface area contributed by atoms with Gasteiger partial charge in [-0.1, -0.05) is 0 Å². The monoisotopic (exact) mass is 252 g/mol. The normalized spacial score (nSPS) is 18.6. The van der Waals surface area contributed by atoms with E-state index >= 15 is 0 Å². The lowest BCUT2D eigenvalue weighted by molar-refractivity contribution is 0.0204. The SMILES string of the molecule is CC(CNC(=O)c1cnn(C)c1)N1CCOCC1. The zero-order chi connectivity index (χ0) is 13.0. The first-order valence-corrected chi connectivity index (χ1v) is 6.25. The van der Waals surface area contributed by atoms with E-state index in [1.807, 2.05) is 0 Å². The number of nitrogens with one attached hydrogen (secondary N) is 1. The molecule has 1 fully saturated rings. The smallest absolute Gasteiger partial charge is 0.254 e. The van der Waals surface area contributed by atoms with Crippen LogP contribution < -0.4 is 5.32 Å². The number of carbonyl (C=O) groups is 1. The molecular weight excluding hydrogens is 232 g/mol. The van der Waals surface area contributed by atoms with E-state index in [2.05, 4.69) is 22.2 Å². The van der Waals surface area contributed by atoms with Gasteiger partial charge in [-0.05, 0) is 6.92 Å². The maximum atomic E-state index is 11.8. The summed E-state index contributed by atoms with van der Waals surface area (Å²) in [6.07, 6.45) is 3.30. The predicted octanol–water partition coefficient (Wildman–Crippen LogP) is -0.129. The summed E-state index contributed by atoms with van der Waals surface area (Å²) in [5.74, 6) is -0.0665. The van der Waals surface area contributed by atoms with Crippen LogP contribution in [0.2, 0.25) is 0 Å². The zero-order valence-corrected chi connectivity index (χ0v) is 10.9. The van der Waals surface area contributed by atoms with E-state index in [0.29, 0.717) is 18.2 Å². The van der Waals surface area contributed by atoms with E-state index in [4.69, 9.17) is 4.74 Å². The first kappa shape index (κ1) is 13.0. The molecule has 18 heavy (non-hydrogen) atoms. The van der Waals surface area contributed by atoms with Gasteiger partial charge in [-0.2, -0.15) is 5.10 Å². The average Bonchev–Trinajstić information content (AvgIpc) is 2.83. The molecule has 6 nitrogen and oxygen atoms in total. The van der Waals surface area contributed by atoms with Crippen molar-refractivity contribution in [2.24, 2.45) is 7.05 Å². The fourth-order valence-corrected chi connectivity index (χ4v) is 2.03. The van der Waals surface area contributed by atoms with Crippen LogP contribution in [0.1, 0.15) is 17.3 Å². The van der Waals surface area contributed by atoms with E-state index in [0.717, 1.165) is 26.3 Å². The fourth-order valence-electron chi connectivity index (χ4n) is 2.03. The highest BCUT2D eigenvalue weighted by Crippen LogP contribution is 2.03. The van der Waals surface area contributed by atoms with Crippen LogP contribution in [0, 0.1) is 0 Å². The minimum absolute atomic E-state index is 0.0665. The predicted molar refractivity (Wildman–Crippen MR) is 67.4 cm³/mol. The summed E-state index contributed by atoms with van der Waals surface area (Å²) in [6.45, 7) is 6.19. The second-order valence-electron chi connectivity index (χ2n) is 4.61. The van der Waals surface area contributed by atoms with Crippen LogP contribution in [0.4, 0.5) is 0 Å². The molecule has 2 rings (SSSR count). The van der Waals surface area contributed by atoms with Crippen molar-refractivity contribution in [3.63, 3.8) is 0 Å². The van der Waals surface area contributed by atoms with Gasteiger partial charge in [0.15, 0.2) is 0 Å². The van der Waals surface area contributed by atoms with Crippen molar-refractivity contribution in [2.75, 3.05) is 32.8 Å². The molecule has 0 saturated carbocycles. The molecule has 1 aliphatic heterocycles. The number of morpholine rings is 1. The summed E-state index contributed by atoms with van der Waals surface area (Å²) in [5.41, 5.74) is 0.603. The Labute approximate surface area is 107 Å². The second kappa shape index (κ2) is 5.97. The topological polar surface area (TPSA) is 59.4 Å². The summed E-state index contributed by atoms with van der Waals surface area (Å²) >= 11 is 0. The minimum atomic E-state index is -0.0665. The molecule has 0 aliphatic carbocycles. The van der Waals surface area contributed by atoms with Crippen molar-refractivity contribution in [2.45, 2.75) is 13.0 Å². The quantitative estimate of drug-likeness (QED) is 0.811. The maximum absolute atomic E-state index is 11.8. The zero-order valence-electron chi connectivity index (χ0n) is 10.9. The Morgan fingerprint density at radius 1 is 1.56 bits per heavy atom. The minimum Gasteiger partial charge on any atom is -0.379 e. The van der Waals surface area contributed by atoms with Crippen LogP contribution in [0.15, 0.2) is 12.4 Å². The van der Waals surface area contributed by atoms with E-state index in [1.165, 1.54) is 0 Å². The lowest BCUT2D eigenvalue weighted by atomic mass is 10.2. The lowest BCUT2D eigenvalue weighted by Crippen LogP contribution is -2.47. The Balaban J connectivity index is 1.78. The Morgan fingerprint density at radius 2 is 2.28 bits per heavy atom. The van der Waals surface area contributed by atoms with Crippen LogP contribution in [0.25, 0.3) is 0 Å². The number of rotatable bonds is 4. The molecule has 1 aromatic rings. The average molecular weight is 252 g/mol. The number of aromatic nitrogens is 2. The van der Waals surface area contributed by atoms with Crippen LogP contribution in [-0.2, 0) is 11.8 Å². The molecular formula is C12H20N4O2. The molecule has 0 radical (unpaired) electrons. The number of carbonyl (C=O) groups excluding carboxylic acids is 1. The van der Waals surface area contributed by atoms with Crippen LogP contribution in [-0.4, -0.2) is 59.5 Å². The number of nitrogens with zero attached hydrogens (tertiary/aromatic N) is 3. The first-order valence-electron chi connectivity index (χ1n) is 6.25. The number of ether oxygens (including phenoxy) is 1. The summed E-state index contributed by atoms with van der Waals surface area (Å²) in [7, 11) is 1.80. The molecule has 1 aliphatic rings. The summed E-state index contributed by atoms with van der Waals surface area (Å²) < 4.78 is 6.93. The van der Waals surface area contributed by atoms with Crippen molar-refractivity contribution >= 4 is 5.91 Å². The lowest BCUT2D eigenvalue weighted by Gasteiger charge is -2.32. The largest absolute Gasteiger partial charge is 0.379 e. The summed E-state index contributed by atoms with van der Waals surface area (Å²) in [5, 5.41) is 6.92. The fraction of sp³-hybridized carbons (Fsp3) is 0.667. The molecule has 1 unspecified atom stereocenters. The third kappa shape index (κ3) is 3.30. The van der Waals surface area contributed by atoms with E-state index in [9.17, 15) is 4.79 Å². The molecule has 1 aromatic heterocycles. The Kier molecular flexibility index (Phi) is 4.33. The maximum Gasteiger partial charge on any atom is 0.254 e. The van der Waals surface area contributed by atoms with Gasteiger partial charge in [-0.3, -0.25) is 14.4 Å². The molecule has 0 aromatic carbocycles. The van der Waals surface area contributed by atoms with Crippen molar-refractivity contribution in [3.8, 4) is 0 Å². The summed E-state index contributed by atoms with van der Waals surface area (Å²) in [4.78, 5) is 14.2. The van der Waals surface area contributed by atoms with E-state index in [1.54, 1.807) is 24.1 Å². The highest BCUT2D eigenvalue weighted by atomic mass is 16.5. The van der Waals surface area contributed by atoms with Gasteiger partial charge in [0, 0.05) is 38.9 Å². The van der Waals surface area contributed by atoms with Crippen LogP contribution in [0.3, 0.4) is 0 Å². The van der Waals surface area contributed by atoms with Gasteiger partial charge in [-0.15, -0.1) is 0 Å². The van der Waals surface area contributed by atoms with Crippen molar-refractivity contribution < 1.29 is 9.53 Å². The molecule has 100 valence electrons. The number of hydrogen-bond acceptors (Lipinski definition) is 4. The Morgan fingerprint density at radius 3 is 2.89 bits per heavy atom. The molecule has 1 atom stereocenters. The summed E-state index contributed by atoms with van der Waals surface area (Å²) in [6, 6.07) is 0.328. The molecule has 0 bridgehead atoms. The molecule has 6 heteroatoms. The van der Waals surface area contributed by atoms with Gasteiger partial charge in [0.25, 0.3) is 5.91 Å². The molecule has 1 N–H and O–H groups in total. The third-order valence-corrected chi connectivity index (χ3v) is 3.19. The Bertz CT molecular complexity index is 399. The van der Waals surface area contributed by atoms with E-state index < -0.39 is 0 Å². The van der Waals surface area contributed by atoms with Crippen LogP contribution >= 0.6 is 0 Å². The Hall–Kier alpha value is -1.40. The number of aryl methyl sites for hydroxylation is 1. The van der Waals surface area contributed by atoms with Crippen molar-refractivity contribution in [1.29, 1.82) is 0 Å². The molecule has 1 saturated heterocycles. The highest BCUT2D eigenvalue weighted by Gasteiger charge is 2.17. The highest BCUT2D eigenvalue weighted by molar-refractivity contribution is 5.93. The van der Waals surface area contributed by atoms with Gasteiger partial charge < -0.3 is 10.1 Å². The number of hydrogen-bond donors (Lipinski definition) is 1. The molecule has 2 heterocycles. The third-order valence-electron chi connectivity index (χ3n) is 3.19.